The van der Waals surface area contributed by atoms with Gasteiger partial charge in [0.25, 0.3) is 23.6 Å². The number of benzene rings is 3. The number of rotatable bonds is 8. The third-order valence-electron chi connectivity index (χ3n) is 11.9. The number of hydrazine groups is 2. The van der Waals surface area contributed by atoms with Crippen LogP contribution in [-0.2, 0) is 30.8 Å². The molecule has 0 unspecified atom stereocenters. The summed E-state index contributed by atoms with van der Waals surface area (Å²) in [5.41, 5.74) is 1.28. The Bertz CT molecular complexity index is 2530. The van der Waals surface area contributed by atoms with E-state index in [2.05, 4.69) is 10.4 Å². The maximum absolute atomic E-state index is 15.5. The van der Waals surface area contributed by atoms with E-state index in [-0.39, 0.29) is 45.1 Å². The Morgan fingerprint density at radius 2 is 1.58 bits per heavy atom. The van der Waals surface area contributed by atoms with Crippen molar-refractivity contribution in [3.63, 3.8) is 0 Å². The molecule has 4 aliphatic rings. The lowest BCUT2D eigenvalue weighted by Gasteiger charge is -2.50. The lowest BCUT2D eigenvalue weighted by molar-refractivity contribution is -0.142. The molecule has 3 aromatic carbocycles. The highest BCUT2D eigenvalue weighted by atomic mass is 35.5. The molecular formula is C41H32Cl4F3N5O7. The second kappa shape index (κ2) is 15.0. The van der Waals surface area contributed by atoms with Gasteiger partial charge in [0, 0.05) is 18.0 Å². The molecule has 12 nitrogen and oxygen atoms in total. The van der Waals surface area contributed by atoms with Gasteiger partial charge in [-0.1, -0.05) is 70.2 Å². The number of nitrogens with zero attached hydrogens (tertiary/aromatic N) is 4. The fourth-order valence-corrected chi connectivity index (χ4v) is 10.2. The van der Waals surface area contributed by atoms with Gasteiger partial charge in [-0.3, -0.25) is 29.6 Å². The fourth-order valence-electron chi connectivity index (χ4n) is 9.32. The number of imide groups is 2. The molecule has 0 radical (unpaired) electrons. The number of carbonyl (C=O) groups excluding carboxylic acids is 4. The van der Waals surface area contributed by atoms with Crippen LogP contribution in [0.3, 0.4) is 0 Å². The number of alkyl halides is 3. The summed E-state index contributed by atoms with van der Waals surface area (Å²) in [5, 5.41) is 13.4. The number of nitrogens with one attached hydrogen (secondary N) is 1. The summed E-state index contributed by atoms with van der Waals surface area (Å²) in [7, 11) is 4.00. The summed E-state index contributed by atoms with van der Waals surface area (Å²) >= 11 is 25.6. The Kier molecular flexibility index (Phi) is 10.4. The van der Waals surface area contributed by atoms with Gasteiger partial charge in [-0.05, 0) is 84.5 Å². The first-order valence-corrected chi connectivity index (χ1v) is 19.8. The minimum absolute atomic E-state index is 0.0253. The number of phenolic OH excluding ortho intramolecular Hbond substituents is 1. The van der Waals surface area contributed by atoms with Crippen LogP contribution in [0, 0.1) is 23.7 Å². The predicted molar refractivity (Wildman–Crippen MR) is 215 cm³/mol. The van der Waals surface area contributed by atoms with Gasteiger partial charge in [-0.2, -0.15) is 23.2 Å². The van der Waals surface area contributed by atoms with Crippen LogP contribution < -0.4 is 19.9 Å². The zero-order valence-electron chi connectivity index (χ0n) is 31.6. The smallest absolute Gasteiger partial charge is 0.433 e. The first kappa shape index (κ1) is 41.5. The molecule has 19 heteroatoms. The minimum atomic E-state index is -4.85. The largest absolute Gasteiger partial charge is 0.503 e. The number of aromatic nitrogens is 1. The van der Waals surface area contributed by atoms with Gasteiger partial charge < -0.3 is 14.6 Å². The van der Waals surface area contributed by atoms with Gasteiger partial charge in [0.2, 0.25) is 0 Å². The summed E-state index contributed by atoms with van der Waals surface area (Å²) in [6.07, 6.45) is -3.25. The van der Waals surface area contributed by atoms with Crippen LogP contribution in [0.2, 0.25) is 20.1 Å². The standard InChI is InChI=1S/C41H32Cl4F3N5O7/c1-51(35-26(43)11-13-31(49-35)41(46,47)48)53-36(55)23-10-9-22-24(32(23)38(53)57)17-25-37(56)52(50-29-12-6-20(42)16-27(29)44)39(58)40(25,19-4-7-21(59-2)8-5-19)33(22)18-14-28(45)34(54)30(15-18)60-3/h4-9,11-16,23-25,32-33,50,54H,10,17H2,1-3H3/t23-,24+,25-,32-,33-,40+/m0/s1. The fraction of sp³-hybridized carbons (Fsp3) is 0.293. The van der Waals surface area contributed by atoms with E-state index < -0.39 is 76.3 Å². The van der Waals surface area contributed by atoms with Crippen molar-refractivity contribution in [3.8, 4) is 17.2 Å². The number of hydrogen-bond acceptors (Lipinski definition) is 10. The van der Waals surface area contributed by atoms with Crippen molar-refractivity contribution in [2.45, 2.75) is 30.4 Å². The zero-order valence-corrected chi connectivity index (χ0v) is 34.6. The SMILES string of the molecule is COc1ccc([C@@]23C(=O)N(Nc4ccc(Cl)cc4Cl)C(=O)[C@@H]2C[C@@H]2C(=CC[C@@H]4C(=O)N(N(C)c5nc(C(F)(F)F)ccc5Cl)C(=O)[C@@H]42)[C@@H]3c2cc(Cl)c(O)c(OC)c2)cc1. The maximum Gasteiger partial charge on any atom is 0.433 e. The number of allylic oxidation sites excluding steroid dienone is 2. The molecule has 0 bridgehead atoms. The Morgan fingerprint density at radius 3 is 2.23 bits per heavy atom. The number of ether oxygens (including phenoxy) is 2. The minimum Gasteiger partial charge on any atom is -0.503 e. The van der Waals surface area contributed by atoms with Crippen molar-refractivity contribution in [3.05, 3.63) is 115 Å². The van der Waals surface area contributed by atoms with Crippen molar-refractivity contribution in [1.29, 1.82) is 0 Å². The van der Waals surface area contributed by atoms with E-state index in [1.54, 1.807) is 30.3 Å². The molecule has 60 heavy (non-hydrogen) atoms. The first-order valence-electron chi connectivity index (χ1n) is 18.3. The highest BCUT2D eigenvalue weighted by Crippen LogP contribution is 2.65. The van der Waals surface area contributed by atoms with Crippen molar-refractivity contribution in [1.82, 2.24) is 15.0 Å². The molecule has 312 valence electrons. The zero-order chi connectivity index (χ0) is 43.2. The van der Waals surface area contributed by atoms with Crippen LogP contribution in [0.15, 0.2) is 78.4 Å². The van der Waals surface area contributed by atoms with Crippen LogP contribution in [0.5, 0.6) is 17.2 Å². The van der Waals surface area contributed by atoms with Crippen LogP contribution in [0.4, 0.5) is 24.7 Å². The Morgan fingerprint density at radius 1 is 0.867 bits per heavy atom. The van der Waals surface area contributed by atoms with Crippen molar-refractivity contribution < 1.29 is 46.9 Å². The van der Waals surface area contributed by atoms with E-state index in [9.17, 15) is 27.9 Å². The van der Waals surface area contributed by atoms with Gasteiger partial charge in [0.15, 0.2) is 17.3 Å². The molecule has 8 rings (SSSR count). The number of anilines is 2. The van der Waals surface area contributed by atoms with Crippen LogP contribution in [-0.4, -0.2) is 65.0 Å². The van der Waals surface area contributed by atoms with Crippen LogP contribution in [0.25, 0.3) is 0 Å². The lowest BCUT2D eigenvalue weighted by Crippen LogP contribution is -2.53. The Labute approximate surface area is 360 Å². The third-order valence-corrected chi connectivity index (χ3v) is 13.0. The van der Waals surface area contributed by atoms with E-state index in [1.807, 2.05) is 0 Å². The van der Waals surface area contributed by atoms with Crippen LogP contribution >= 0.6 is 46.4 Å². The summed E-state index contributed by atoms with van der Waals surface area (Å²) in [6, 6.07) is 15.7. The average molecular weight is 906 g/mol. The molecule has 2 saturated heterocycles. The van der Waals surface area contributed by atoms with E-state index in [1.165, 1.54) is 51.6 Å². The highest BCUT2D eigenvalue weighted by molar-refractivity contribution is 6.36. The second-order valence-electron chi connectivity index (χ2n) is 14.8. The van der Waals surface area contributed by atoms with E-state index in [0.29, 0.717) is 33.5 Å². The van der Waals surface area contributed by atoms with Gasteiger partial charge >= 0.3 is 6.18 Å². The van der Waals surface area contributed by atoms with Crippen molar-refractivity contribution in [2.75, 3.05) is 31.7 Å². The summed E-state index contributed by atoms with van der Waals surface area (Å²) in [5.74, 6) is -8.68. The summed E-state index contributed by atoms with van der Waals surface area (Å²) in [6.45, 7) is 0. The molecule has 1 aromatic heterocycles. The van der Waals surface area contributed by atoms with Gasteiger partial charge in [-0.25, -0.2) is 4.98 Å². The molecule has 6 atom stereocenters. The number of hydrogen-bond donors (Lipinski definition) is 2. The molecule has 1 saturated carbocycles. The number of halogens is 7. The number of pyridine rings is 1. The molecule has 3 fully saturated rings. The van der Waals surface area contributed by atoms with E-state index in [4.69, 9.17) is 55.9 Å². The molecule has 2 N–H and O–H groups in total. The van der Waals surface area contributed by atoms with E-state index >= 15 is 9.59 Å². The molecular weight excluding hydrogens is 873 g/mol. The molecule has 4 amide bonds. The number of fused-ring (bicyclic) bond motifs is 4. The Hall–Kier alpha value is -5.22. The Balaban J connectivity index is 1.31. The molecule has 3 heterocycles. The number of methoxy groups -OCH3 is 2. The maximum atomic E-state index is 15.5. The molecule has 4 aromatic rings. The second-order valence-corrected chi connectivity index (χ2v) is 16.4. The average Bonchev–Trinajstić information content (AvgIpc) is 3.59. The summed E-state index contributed by atoms with van der Waals surface area (Å²) in [4.78, 5) is 63.2. The number of amides is 4. The lowest BCUT2D eigenvalue weighted by atomic mass is 9.49. The van der Waals surface area contributed by atoms with Gasteiger partial charge in [-0.15, -0.1) is 0 Å². The molecule has 0 spiro atoms. The number of aromatic hydroxyl groups is 1. The quantitative estimate of drug-likeness (QED) is 0.131. The monoisotopic (exact) mass is 903 g/mol. The topological polar surface area (TPSA) is 142 Å². The van der Waals surface area contributed by atoms with Crippen molar-refractivity contribution in [2.24, 2.45) is 23.7 Å². The van der Waals surface area contributed by atoms with Crippen molar-refractivity contribution >= 4 is 81.5 Å². The first-order chi connectivity index (χ1) is 28.4. The van der Waals surface area contributed by atoms with Crippen LogP contribution in [0.1, 0.15) is 35.6 Å². The number of carbonyl (C=O) groups is 4. The summed E-state index contributed by atoms with van der Waals surface area (Å²) < 4.78 is 52.2. The van der Waals surface area contributed by atoms with E-state index in [0.717, 1.165) is 21.1 Å². The van der Waals surface area contributed by atoms with Gasteiger partial charge in [0.1, 0.15) is 11.4 Å². The normalized spacial score (nSPS) is 24.8. The molecule has 2 aliphatic heterocycles. The molecule has 2 aliphatic carbocycles. The predicted octanol–water partition coefficient (Wildman–Crippen LogP) is 8.47. The highest BCUT2D eigenvalue weighted by Gasteiger charge is 2.70. The van der Waals surface area contributed by atoms with Gasteiger partial charge in [0.05, 0.1) is 58.1 Å². The third kappa shape index (κ3) is 6.31. The number of phenols is 1.